The van der Waals surface area contributed by atoms with Gasteiger partial charge in [0.1, 0.15) is 12.7 Å². The lowest BCUT2D eigenvalue weighted by atomic mass is 9.63. The number of nitrogens with two attached hydrogens (primary N) is 1. The molecule has 2 saturated heterocycles. The van der Waals surface area contributed by atoms with E-state index in [1.165, 1.54) is 32.1 Å². The summed E-state index contributed by atoms with van der Waals surface area (Å²) < 4.78 is 2.02. The first-order valence-electron chi connectivity index (χ1n) is 13.9. The lowest BCUT2D eigenvalue weighted by molar-refractivity contribution is -0.141. The largest absolute Gasteiger partial charge is 0.341 e. The standard InChI is InChI=1S/C28H41ClN6O/c29-24-10-8-22(9-11-24)17-26(34-14-4-7-25(30)18-34)27(36)33-15-12-28(13-16-33,19-35-21-31-20-32-35)23-5-2-1-3-6-23/h8-11,20-21,23,25-26H,1-7,12-19,30H2/t25?,26-/m1/s1. The molecule has 1 aliphatic carbocycles. The average Bonchev–Trinajstić information content (AvgIpc) is 3.42. The molecule has 3 fully saturated rings. The molecule has 1 amide bonds. The van der Waals surface area contributed by atoms with Gasteiger partial charge in [-0.3, -0.25) is 14.4 Å². The summed E-state index contributed by atoms with van der Waals surface area (Å²) in [4.78, 5) is 22.7. The lowest BCUT2D eigenvalue weighted by Crippen LogP contribution is -2.57. The average molecular weight is 513 g/mol. The third kappa shape index (κ3) is 5.95. The Labute approximate surface area is 220 Å². The Morgan fingerprint density at radius 1 is 1.06 bits per heavy atom. The molecule has 2 N–H and O–H groups in total. The van der Waals surface area contributed by atoms with E-state index < -0.39 is 0 Å². The minimum absolute atomic E-state index is 0.141. The van der Waals surface area contributed by atoms with Crippen LogP contribution in [-0.4, -0.2) is 68.7 Å². The number of carbonyl (C=O) groups is 1. The summed E-state index contributed by atoms with van der Waals surface area (Å²) in [5, 5.41) is 5.18. The van der Waals surface area contributed by atoms with Gasteiger partial charge in [-0.05, 0) is 80.5 Å². The zero-order valence-electron chi connectivity index (χ0n) is 21.4. The van der Waals surface area contributed by atoms with Crippen LogP contribution < -0.4 is 5.73 Å². The van der Waals surface area contributed by atoms with Gasteiger partial charge in [0.25, 0.3) is 0 Å². The maximum atomic E-state index is 14.1. The predicted molar refractivity (Wildman–Crippen MR) is 143 cm³/mol. The van der Waals surface area contributed by atoms with Crippen molar-refractivity contribution in [2.75, 3.05) is 26.2 Å². The van der Waals surface area contributed by atoms with Gasteiger partial charge >= 0.3 is 0 Å². The Hall–Kier alpha value is -1.96. The lowest BCUT2D eigenvalue weighted by Gasteiger charge is -2.49. The number of carbonyl (C=O) groups excluding carboxylic acids is 1. The van der Waals surface area contributed by atoms with E-state index in [1.54, 1.807) is 6.33 Å². The molecule has 3 aliphatic rings. The molecule has 2 aromatic rings. The molecule has 1 saturated carbocycles. The highest BCUT2D eigenvalue weighted by atomic mass is 35.5. The normalized spacial score (nSPS) is 24.5. The molecule has 1 aromatic carbocycles. The minimum atomic E-state index is -0.171. The molecular formula is C28H41ClN6O. The van der Waals surface area contributed by atoms with E-state index in [-0.39, 0.29) is 23.4 Å². The fourth-order valence-electron chi connectivity index (χ4n) is 6.97. The van der Waals surface area contributed by atoms with Crippen LogP contribution >= 0.6 is 11.6 Å². The Balaban J connectivity index is 1.31. The molecule has 5 rings (SSSR count). The van der Waals surface area contributed by atoms with Crippen LogP contribution in [0.3, 0.4) is 0 Å². The number of hydrogen-bond acceptors (Lipinski definition) is 5. The third-order valence-electron chi connectivity index (χ3n) is 9.04. The van der Waals surface area contributed by atoms with Crippen LogP contribution in [0.4, 0.5) is 0 Å². The molecule has 36 heavy (non-hydrogen) atoms. The van der Waals surface area contributed by atoms with E-state index in [1.807, 2.05) is 23.1 Å². The molecule has 0 bridgehead atoms. The monoisotopic (exact) mass is 512 g/mol. The van der Waals surface area contributed by atoms with Crippen LogP contribution in [0.15, 0.2) is 36.9 Å². The van der Waals surface area contributed by atoms with Gasteiger partial charge in [-0.25, -0.2) is 4.98 Å². The number of aromatic nitrogens is 3. The molecule has 3 heterocycles. The van der Waals surface area contributed by atoms with Gasteiger partial charge in [0.15, 0.2) is 0 Å². The third-order valence-corrected chi connectivity index (χ3v) is 9.29. The number of halogens is 1. The van der Waals surface area contributed by atoms with Gasteiger partial charge in [-0.15, -0.1) is 0 Å². The highest BCUT2D eigenvalue weighted by Crippen LogP contribution is 2.47. The van der Waals surface area contributed by atoms with Gasteiger partial charge in [0.05, 0.1) is 6.04 Å². The van der Waals surface area contributed by atoms with E-state index in [2.05, 4.69) is 32.0 Å². The second-order valence-corrected chi connectivity index (χ2v) is 11.8. The summed E-state index contributed by atoms with van der Waals surface area (Å²) in [6.45, 7) is 4.27. The molecule has 1 aromatic heterocycles. The van der Waals surface area contributed by atoms with Crippen molar-refractivity contribution < 1.29 is 4.79 Å². The van der Waals surface area contributed by atoms with Crippen molar-refractivity contribution in [1.29, 1.82) is 0 Å². The van der Waals surface area contributed by atoms with E-state index in [0.29, 0.717) is 12.3 Å². The van der Waals surface area contributed by atoms with Gasteiger partial charge in [-0.1, -0.05) is 43.0 Å². The van der Waals surface area contributed by atoms with Crippen molar-refractivity contribution in [3.63, 3.8) is 0 Å². The van der Waals surface area contributed by atoms with Crippen molar-refractivity contribution >= 4 is 17.5 Å². The summed E-state index contributed by atoms with van der Waals surface area (Å²) in [5.41, 5.74) is 7.69. The van der Waals surface area contributed by atoms with Crippen LogP contribution in [0.1, 0.15) is 63.4 Å². The van der Waals surface area contributed by atoms with Crippen molar-refractivity contribution in [3.8, 4) is 0 Å². The van der Waals surface area contributed by atoms with Crippen LogP contribution in [0.5, 0.6) is 0 Å². The maximum absolute atomic E-state index is 14.1. The van der Waals surface area contributed by atoms with Gasteiger partial charge in [0, 0.05) is 37.2 Å². The SMILES string of the molecule is NC1CCCN([C@H](Cc2ccc(Cl)cc2)C(=O)N2CCC(Cn3cncn3)(C3CCCCC3)CC2)C1. The fourth-order valence-corrected chi connectivity index (χ4v) is 7.10. The second-order valence-electron chi connectivity index (χ2n) is 11.4. The number of hydrogen-bond donors (Lipinski definition) is 1. The topological polar surface area (TPSA) is 80.3 Å². The highest BCUT2D eigenvalue weighted by Gasteiger charge is 2.44. The molecule has 8 heteroatoms. The smallest absolute Gasteiger partial charge is 0.240 e. The number of rotatable bonds is 7. The Kier molecular flexibility index (Phi) is 8.28. The first kappa shape index (κ1) is 25.7. The van der Waals surface area contributed by atoms with Crippen LogP contribution in [0.2, 0.25) is 5.02 Å². The zero-order chi connectivity index (χ0) is 25.0. The number of amides is 1. The van der Waals surface area contributed by atoms with E-state index in [4.69, 9.17) is 17.3 Å². The molecule has 7 nitrogen and oxygen atoms in total. The van der Waals surface area contributed by atoms with E-state index in [9.17, 15) is 4.79 Å². The molecule has 0 spiro atoms. The summed E-state index contributed by atoms with van der Waals surface area (Å²) in [5.74, 6) is 0.967. The zero-order valence-corrected chi connectivity index (χ0v) is 22.2. The Morgan fingerprint density at radius 3 is 2.47 bits per heavy atom. The molecule has 0 radical (unpaired) electrons. The van der Waals surface area contributed by atoms with Crippen molar-refractivity contribution in [2.24, 2.45) is 17.1 Å². The molecule has 1 unspecified atom stereocenters. The predicted octanol–water partition coefficient (Wildman–Crippen LogP) is 4.16. The number of nitrogens with zero attached hydrogens (tertiary/aromatic N) is 5. The minimum Gasteiger partial charge on any atom is -0.341 e. The van der Waals surface area contributed by atoms with E-state index in [0.717, 1.165) is 69.0 Å². The first-order valence-corrected chi connectivity index (χ1v) is 14.3. The van der Waals surface area contributed by atoms with Crippen molar-refractivity contribution in [3.05, 3.63) is 47.5 Å². The van der Waals surface area contributed by atoms with Gasteiger partial charge < -0.3 is 10.6 Å². The summed E-state index contributed by atoms with van der Waals surface area (Å²) >= 11 is 6.13. The second kappa shape index (κ2) is 11.6. The maximum Gasteiger partial charge on any atom is 0.240 e. The summed E-state index contributed by atoms with van der Waals surface area (Å²) in [6.07, 6.45) is 14.9. The first-order chi connectivity index (χ1) is 17.5. The number of benzene rings is 1. The van der Waals surface area contributed by atoms with Crippen molar-refractivity contribution in [2.45, 2.75) is 82.8 Å². The van der Waals surface area contributed by atoms with Gasteiger partial charge in [-0.2, -0.15) is 5.10 Å². The van der Waals surface area contributed by atoms with Crippen LogP contribution in [0, 0.1) is 11.3 Å². The fraction of sp³-hybridized carbons (Fsp3) is 0.679. The van der Waals surface area contributed by atoms with Crippen LogP contribution in [-0.2, 0) is 17.8 Å². The summed E-state index contributed by atoms with van der Waals surface area (Å²) in [7, 11) is 0. The number of piperidine rings is 2. The van der Waals surface area contributed by atoms with Crippen LogP contribution in [0.25, 0.3) is 0 Å². The van der Waals surface area contributed by atoms with Crippen molar-refractivity contribution in [1.82, 2.24) is 24.6 Å². The van der Waals surface area contributed by atoms with Gasteiger partial charge in [0.2, 0.25) is 5.91 Å². The molecule has 196 valence electrons. The number of likely N-dealkylation sites (tertiary alicyclic amines) is 2. The molecule has 2 atom stereocenters. The highest BCUT2D eigenvalue weighted by molar-refractivity contribution is 6.30. The van der Waals surface area contributed by atoms with E-state index >= 15 is 0 Å². The quantitative estimate of drug-likeness (QED) is 0.602. The molecular weight excluding hydrogens is 472 g/mol. The summed E-state index contributed by atoms with van der Waals surface area (Å²) in [6, 6.07) is 7.91. The Bertz CT molecular complexity index is 966. The molecule has 2 aliphatic heterocycles. The Morgan fingerprint density at radius 2 is 1.81 bits per heavy atom.